The Hall–Kier alpha value is -5.18. The van der Waals surface area contributed by atoms with Crippen LogP contribution in [-0.2, 0) is 0 Å². The standard InChI is InChI=1S/C33H34O9/c1-17(20-9-11-24(35)27(14-20)40-3)31-26(37)13-21(8-6-19-7-10-23(34)25(36)12-19)30(33(31)39)18(2)22-15-28(41-4)32(38)29(16-22)42-5/h6-18,34-39H,1-5H3/b8-6+. The first-order chi connectivity index (χ1) is 20.0. The molecule has 0 amide bonds. The second-order valence-corrected chi connectivity index (χ2v) is 9.89. The van der Waals surface area contributed by atoms with E-state index in [2.05, 4.69) is 0 Å². The van der Waals surface area contributed by atoms with E-state index in [0.717, 1.165) is 0 Å². The third-order valence-electron chi connectivity index (χ3n) is 7.42. The van der Waals surface area contributed by atoms with Crippen molar-refractivity contribution in [1.29, 1.82) is 0 Å². The Balaban J connectivity index is 1.93. The first-order valence-corrected chi connectivity index (χ1v) is 13.1. The lowest BCUT2D eigenvalue weighted by Crippen LogP contribution is -2.06. The molecule has 0 aliphatic rings. The van der Waals surface area contributed by atoms with Crippen LogP contribution in [0.1, 0.15) is 59.1 Å². The molecular formula is C33H34O9. The largest absolute Gasteiger partial charge is 0.507 e. The summed E-state index contributed by atoms with van der Waals surface area (Å²) in [4.78, 5) is 0. The van der Waals surface area contributed by atoms with Gasteiger partial charge in [-0.05, 0) is 64.7 Å². The van der Waals surface area contributed by atoms with E-state index >= 15 is 0 Å². The summed E-state index contributed by atoms with van der Waals surface area (Å²) in [6.45, 7) is 3.68. The van der Waals surface area contributed by atoms with E-state index in [1.165, 1.54) is 39.5 Å². The first kappa shape index (κ1) is 29.8. The van der Waals surface area contributed by atoms with Gasteiger partial charge in [0.15, 0.2) is 34.5 Å². The Morgan fingerprint density at radius 1 is 0.524 bits per heavy atom. The van der Waals surface area contributed by atoms with Gasteiger partial charge in [0, 0.05) is 23.0 Å². The zero-order valence-corrected chi connectivity index (χ0v) is 23.9. The molecule has 2 unspecified atom stereocenters. The molecule has 0 aliphatic carbocycles. The summed E-state index contributed by atoms with van der Waals surface area (Å²) in [5.74, 6) is -1.41. The zero-order chi connectivity index (χ0) is 30.7. The molecule has 0 heterocycles. The Labute approximate surface area is 243 Å². The number of aromatic hydroxyl groups is 6. The Bertz CT molecular complexity index is 1620. The van der Waals surface area contributed by atoms with Crippen LogP contribution in [-0.4, -0.2) is 52.0 Å². The molecule has 0 spiro atoms. The molecule has 4 aromatic rings. The molecule has 220 valence electrons. The van der Waals surface area contributed by atoms with Crippen LogP contribution in [0.3, 0.4) is 0 Å². The number of phenolic OH excluding ortho intramolecular Hbond substituents is 6. The van der Waals surface area contributed by atoms with Crippen molar-refractivity contribution in [1.82, 2.24) is 0 Å². The Kier molecular flexibility index (Phi) is 8.61. The summed E-state index contributed by atoms with van der Waals surface area (Å²) in [6.07, 6.45) is 3.36. The normalized spacial score (nSPS) is 12.7. The molecule has 0 saturated carbocycles. The fourth-order valence-electron chi connectivity index (χ4n) is 5.02. The lowest BCUT2D eigenvalue weighted by atomic mass is 9.82. The second kappa shape index (κ2) is 12.1. The third-order valence-corrected chi connectivity index (χ3v) is 7.42. The van der Waals surface area contributed by atoms with Crippen molar-refractivity contribution in [3.8, 4) is 51.7 Å². The van der Waals surface area contributed by atoms with Gasteiger partial charge in [-0.1, -0.05) is 38.1 Å². The van der Waals surface area contributed by atoms with Crippen molar-refractivity contribution in [3.05, 3.63) is 88.0 Å². The number of hydrogen-bond donors (Lipinski definition) is 6. The highest BCUT2D eigenvalue weighted by atomic mass is 16.5. The average Bonchev–Trinajstić information content (AvgIpc) is 2.97. The van der Waals surface area contributed by atoms with E-state index in [-0.39, 0.29) is 57.3 Å². The fraction of sp³-hybridized carbons (Fsp3) is 0.212. The van der Waals surface area contributed by atoms with Crippen molar-refractivity contribution in [3.63, 3.8) is 0 Å². The summed E-state index contributed by atoms with van der Waals surface area (Å²) < 4.78 is 15.9. The maximum absolute atomic E-state index is 11.8. The molecule has 6 N–H and O–H groups in total. The van der Waals surface area contributed by atoms with Crippen LogP contribution in [0.5, 0.6) is 51.7 Å². The zero-order valence-electron chi connectivity index (χ0n) is 23.9. The minimum Gasteiger partial charge on any atom is -0.507 e. The number of methoxy groups -OCH3 is 3. The maximum atomic E-state index is 11.8. The summed E-state index contributed by atoms with van der Waals surface area (Å²) in [5, 5.41) is 63.2. The minimum atomic E-state index is -0.513. The van der Waals surface area contributed by atoms with Crippen molar-refractivity contribution >= 4 is 12.2 Å². The second-order valence-electron chi connectivity index (χ2n) is 9.89. The summed E-state index contributed by atoms with van der Waals surface area (Å²) >= 11 is 0. The maximum Gasteiger partial charge on any atom is 0.200 e. The average molecular weight is 575 g/mol. The molecule has 42 heavy (non-hydrogen) atoms. The van der Waals surface area contributed by atoms with E-state index in [9.17, 15) is 30.6 Å². The van der Waals surface area contributed by atoms with Crippen LogP contribution in [0.15, 0.2) is 54.6 Å². The van der Waals surface area contributed by atoms with E-state index in [1.807, 2.05) is 13.8 Å². The van der Waals surface area contributed by atoms with Gasteiger partial charge < -0.3 is 44.8 Å². The summed E-state index contributed by atoms with van der Waals surface area (Å²) in [7, 11) is 4.29. The quantitative estimate of drug-likeness (QED) is 0.0983. The molecule has 0 aromatic heterocycles. The summed E-state index contributed by atoms with van der Waals surface area (Å²) in [5.41, 5.74) is 3.13. The van der Waals surface area contributed by atoms with Gasteiger partial charge in [0.25, 0.3) is 0 Å². The monoisotopic (exact) mass is 574 g/mol. The highest BCUT2D eigenvalue weighted by molar-refractivity contribution is 5.76. The van der Waals surface area contributed by atoms with Crippen molar-refractivity contribution in [2.24, 2.45) is 0 Å². The third kappa shape index (κ3) is 5.67. The molecule has 9 nitrogen and oxygen atoms in total. The topological polar surface area (TPSA) is 149 Å². The van der Waals surface area contributed by atoms with Crippen LogP contribution in [0.25, 0.3) is 12.2 Å². The molecule has 0 radical (unpaired) electrons. The Morgan fingerprint density at radius 3 is 1.69 bits per heavy atom. The molecule has 4 aromatic carbocycles. The molecule has 4 rings (SSSR count). The van der Waals surface area contributed by atoms with Gasteiger partial charge in [0.05, 0.1) is 21.3 Å². The van der Waals surface area contributed by atoms with Crippen LogP contribution in [0.2, 0.25) is 0 Å². The van der Waals surface area contributed by atoms with E-state index in [4.69, 9.17) is 14.2 Å². The number of ether oxygens (including phenoxy) is 3. The van der Waals surface area contributed by atoms with Gasteiger partial charge in [0.2, 0.25) is 5.75 Å². The smallest absolute Gasteiger partial charge is 0.200 e. The lowest BCUT2D eigenvalue weighted by Gasteiger charge is -2.24. The van der Waals surface area contributed by atoms with Crippen LogP contribution in [0.4, 0.5) is 0 Å². The van der Waals surface area contributed by atoms with Crippen LogP contribution >= 0.6 is 0 Å². The number of phenols is 6. The first-order valence-electron chi connectivity index (χ1n) is 13.1. The number of benzene rings is 4. The lowest BCUT2D eigenvalue weighted by molar-refractivity contribution is 0.339. The predicted octanol–water partition coefficient (Wildman–Crippen LogP) is 6.42. The SMILES string of the molecule is COc1cc(C(C)c2c(O)cc(/C=C/c3ccc(O)c(O)c3)c(C(C)c3cc(OC)c(O)c(OC)c3)c2O)ccc1O. The van der Waals surface area contributed by atoms with E-state index in [0.29, 0.717) is 27.8 Å². The molecule has 2 atom stereocenters. The van der Waals surface area contributed by atoms with Crippen molar-refractivity contribution in [2.45, 2.75) is 25.7 Å². The van der Waals surface area contributed by atoms with Gasteiger partial charge in [-0.25, -0.2) is 0 Å². The van der Waals surface area contributed by atoms with Crippen LogP contribution < -0.4 is 14.2 Å². The van der Waals surface area contributed by atoms with Gasteiger partial charge in [0.1, 0.15) is 11.5 Å². The predicted molar refractivity (Wildman–Crippen MR) is 159 cm³/mol. The van der Waals surface area contributed by atoms with Gasteiger partial charge in [-0.15, -0.1) is 0 Å². The van der Waals surface area contributed by atoms with Gasteiger partial charge in [-0.3, -0.25) is 0 Å². The van der Waals surface area contributed by atoms with E-state index < -0.39 is 11.8 Å². The number of rotatable bonds is 9. The van der Waals surface area contributed by atoms with Crippen LogP contribution in [0, 0.1) is 0 Å². The van der Waals surface area contributed by atoms with E-state index in [1.54, 1.807) is 48.6 Å². The number of hydrogen-bond acceptors (Lipinski definition) is 9. The molecule has 0 saturated heterocycles. The van der Waals surface area contributed by atoms with Gasteiger partial charge >= 0.3 is 0 Å². The molecule has 0 fully saturated rings. The molecule has 9 heteroatoms. The molecule has 0 bridgehead atoms. The Morgan fingerprint density at radius 2 is 1.10 bits per heavy atom. The fourth-order valence-corrected chi connectivity index (χ4v) is 5.02. The van der Waals surface area contributed by atoms with Crippen molar-refractivity contribution in [2.75, 3.05) is 21.3 Å². The minimum absolute atomic E-state index is 0.0350. The molecular weight excluding hydrogens is 540 g/mol. The van der Waals surface area contributed by atoms with Crippen molar-refractivity contribution < 1.29 is 44.8 Å². The highest BCUT2D eigenvalue weighted by Gasteiger charge is 2.27. The van der Waals surface area contributed by atoms with Gasteiger partial charge in [-0.2, -0.15) is 0 Å². The summed E-state index contributed by atoms with van der Waals surface area (Å²) in [6, 6.07) is 14.0. The molecule has 0 aliphatic heterocycles. The highest BCUT2D eigenvalue weighted by Crippen LogP contribution is 2.48.